The van der Waals surface area contributed by atoms with Gasteiger partial charge in [-0.25, -0.2) is 0 Å². The molecule has 0 saturated carbocycles. The third kappa shape index (κ3) is 2.93. The summed E-state index contributed by atoms with van der Waals surface area (Å²) >= 11 is 0. The van der Waals surface area contributed by atoms with E-state index in [-0.39, 0.29) is 6.04 Å². The van der Waals surface area contributed by atoms with E-state index in [0.29, 0.717) is 6.04 Å². The number of aryl methyl sites for hydroxylation is 2. The second-order valence-electron chi connectivity index (χ2n) is 6.27. The van der Waals surface area contributed by atoms with Gasteiger partial charge in [-0.3, -0.25) is 0 Å². The van der Waals surface area contributed by atoms with Crippen molar-refractivity contribution in [2.45, 2.75) is 39.8 Å². The number of H-pyrrole nitrogens is 1. The Labute approximate surface area is 132 Å². The predicted octanol–water partition coefficient (Wildman–Crippen LogP) is 5.20. The molecule has 3 rings (SSSR count). The van der Waals surface area contributed by atoms with Crippen LogP contribution in [-0.2, 0) is 0 Å². The summed E-state index contributed by atoms with van der Waals surface area (Å²) in [6.45, 7) is 8.77. The highest BCUT2D eigenvalue weighted by molar-refractivity contribution is 5.80. The maximum absolute atomic E-state index is 3.69. The molecule has 0 bridgehead atoms. The molecule has 0 radical (unpaired) electrons. The lowest BCUT2D eigenvalue weighted by Crippen LogP contribution is -2.22. The molecule has 1 aromatic heterocycles. The zero-order valence-corrected chi connectivity index (χ0v) is 13.8. The maximum atomic E-state index is 3.69. The van der Waals surface area contributed by atoms with Gasteiger partial charge in [0.05, 0.1) is 0 Å². The van der Waals surface area contributed by atoms with Gasteiger partial charge >= 0.3 is 0 Å². The first-order valence-electron chi connectivity index (χ1n) is 7.95. The van der Waals surface area contributed by atoms with Crippen LogP contribution >= 0.6 is 0 Å². The molecule has 0 unspecified atom stereocenters. The summed E-state index contributed by atoms with van der Waals surface area (Å²) in [5.41, 5.74) is 6.47. The van der Waals surface area contributed by atoms with Gasteiger partial charge in [-0.2, -0.15) is 0 Å². The minimum atomic E-state index is 0.281. The van der Waals surface area contributed by atoms with Crippen molar-refractivity contribution in [3.63, 3.8) is 0 Å². The van der Waals surface area contributed by atoms with Crippen LogP contribution in [0, 0.1) is 13.8 Å². The second kappa shape index (κ2) is 5.98. The van der Waals surface area contributed by atoms with Crippen LogP contribution in [0.2, 0.25) is 0 Å². The molecule has 114 valence electrons. The van der Waals surface area contributed by atoms with Crippen molar-refractivity contribution >= 4 is 10.9 Å². The smallest absolute Gasteiger partial charge is 0.0456 e. The van der Waals surface area contributed by atoms with Gasteiger partial charge < -0.3 is 10.3 Å². The van der Waals surface area contributed by atoms with E-state index in [0.717, 1.165) is 0 Å². The second-order valence-corrected chi connectivity index (χ2v) is 6.27. The molecule has 0 saturated heterocycles. The number of para-hydroxylation sites is 1. The Hall–Kier alpha value is -2.06. The number of aromatic nitrogens is 1. The molecule has 2 nitrogen and oxygen atoms in total. The predicted molar refractivity (Wildman–Crippen MR) is 94.2 cm³/mol. The van der Waals surface area contributed by atoms with Gasteiger partial charge in [-0.1, -0.05) is 36.4 Å². The lowest BCUT2D eigenvalue weighted by molar-refractivity contribution is 0.488. The van der Waals surface area contributed by atoms with E-state index in [9.17, 15) is 0 Å². The zero-order valence-electron chi connectivity index (χ0n) is 13.8. The average molecular weight is 292 g/mol. The van der Waals surface area contributed by atoms with Crippen LogP contribution in [0.4, 0.5) is 0 Å². The number of nitrogens with one attached hydrogen (secondary N) is 2. The number of rotatable bonds is 4. The molecule has 22 heavy (non-hydrogen) atoms. The van der Waals surface area contributed by atoms with Crippen molar-refractivity contribution in [1.29, 1.82) is 0 Å². The molecule has 2 atom stereocenters. The molecular weight excluding hydrogens is 268 g/mol. The first-order valence-corrected chi connectivity index (χ1v) is 7.95. The minimum Gasteiger partial charge on any atom is -0.357 e. The van der Waals surface area contributed by atoms with Crippen molar-refractivity contribution in [2.24, 2.45) is 0 Å². The lowest BCUT2D eigenvalue weighted by atomic mass is 10.0. The van der Waals surface area contributed by atoms with Crippen LogP contribution < -0.4 is 5.32 Å². The Bertz CT molecular complexity index is 752. The Morgan fingerprint density at radius 1 is 0.864 bits per heavy atom. The van der Waals surface area contributed by atoms with Crippen LogP contribution in [0.3, 0.4) is 0 Å². The Morgan fingerprint density at radius 2 is 1.64 bits per heavy atom. The van der Waals surface area contributed by atoms with Crippen molar-refractivity contribution < 1.29 is 0 Å². The summed E-state index contributed by atoms with van der Waals surface area (Å²) < 4.78 is 0. The molecule has 2 N–H and O–H groups in total. The lowest BCUT2D eigenvalue weighted by Gasteiger charge is -2.20. The van der Waals surface area contributed by atoms with E-state index in [2.05, 4.69) is 86.5 Å². The third-order valence-electron chi connectivity index (χ3n) is 4.55. The first kappa shape index (κ1) is 14.9. The summed E-state index contributed by atoms with van der Waals surface area (Å²) in [6.07, 6.45) is 0. The Balaban J connectivity index is 1.77. The fourth-order valence-corrected chi connectivity index (χ4v) is 2.92. The van der Waals surface area contributed by atoms with Gasteiger partial charge in [0.2, 0.25) is 0 Å². The van der Waals surface area contributed by atoms with Crippen LogP contribution in [0.1, 0.15) is 48.3 Å². The van der Waals surface area contributed by atoms with Crippen LogP contribution in [-0.4, -0.2) is 4.98 Å². The molecular formula is C20H24N2. The first-order chi connectivity index (χ1) is 10.5. The van der Waals surface area contributed by atoms with Gasteiger partial charge in [-0.05, 0) is 61.9 Å². The third-order valence-corrected chi connectivity index (χ3v) is 4.55. The molecule has 0 aliphatic carbocycles. The van der Waals surface area contributed by atoms with E-state index in [1.165, 1.54) is 33.3 Å². The van der Waals surface area contributed by atoms with E-state index >= 15 is 0 Å². The Morgan fingerprint density at radius 3 is 2.36 bits per heavy atom. The van der Waals surface area contributed by atoms with Gasteiger partial charge in [0.25, 0.3) is 0 Å². The summed E-state index contributed by atoms with van der Waals surface area (Å²) in [6, 6.07) is 18.0. The topological polar surface area (TPSA) is 27.8 Å². The fourth-order valence-electron chi connectivity index (χ4n) is 2.92. The van der Waals surface area contributed by atoms with Gasteiger partial charge in [0.1, 0.15) is 0 Å². The molecule has 1 heterocycles. The molecule has 2 aromatic carbocycles. The van der Waals surface area contributed by atoms with E-state index in [1.54, 1.807) is 0 Å². The van der Waals surface area contributed by atoms with Gasteiger partial charge in [0.15, 0.2) is 0 Å². The van der Waals surface area contributed by atoms with Crippen molar-refractivity contribution in [1.82, 2.24) is 10.3 Å². The molecule has 0 aliphatic heterocycles. The van der Waals surface area contributed by atoms with Crippen LogP contribution in [0.5, 0.6) is 0 Å². The van der Waals surface area contributed by atoms with Crippen LogP contribution in [0.15, 0.2) is 48.5 Å². The summed E-state index contributed by atoms with van der Waals surface area (Å²) in [7, 11) is 0. The highest BCUT2D eigenvalue weighted by atomic mass is 15.0. The quantitative estimate of drug-likeness (QED) is 0.680. The molecule has 3 aromatic rings. The Kier molecular flexibility index (Phi) is 4.04. The monoisotopic (exact) mass is 292 g/mol. The summed E-state index contributed by atoms with van der Waals surface area (Å²) in [5, 5.41) is 4.96. The molecule has 0 fully saturated rings. The van der Waals surface area contributed by atoms with Crippen LogP contribution in [0.25, 0.3) is 10.9 Å². The zero-order chi connectivity index (χ0) is 15.7. The highest BCUT2D eigenvalue weighted by Crippen LogP contribution is 2.23. The van der Waals surface area contributed by atoms with E-state index < -0.39 is 0 Å². The summed E-state index contributed by atoms with van der Waals surface area (Å²) in [4.78, 5) is 3.51. The maximum Gasteiger partial charge on any atom is 0.0456 e. The number of hydrogen-bond acceptors (Lipinski definition) is 1. The molecule has 0 amide bonds. The van der Waals surface area contributed by atoms with Gasteiger partial charge in [0, 0.05) is 23.3 Å². The van der Waals surface area contributed by atoms with Gasteiger partial charge in [-0.15, -0.1) is 0 Å². The minimum absolute atomic E-state index is 0.281. The average Bonchev–Trinajstić information content (AvgIpc) is 2.94. The fraction of sp³-hybridized carbons (Fsp3) is 0.300. The summed E-state index contributed by atoms with van der Waals surface area (Å²) in [5.74, 6) is 0. The number of hydrogen-bond donors (Lipinski definition) is 2. The van der Waals surface area contributed by atoms with Crippen molar-refractivity contribution in [3.8, 4) is 0 Å². The van der Waals surface area contributed by atoms with E-state index in [1.807, 2.05) is 0 Å². The molecule has 0 aliphatic rings. The number of aromatic amines is 1. The van der Waals surface area contributed by atoms with E-state index in [4.69, 9.17) is 0 Å². The SMILES string of the molecule is Cc1ccc([C@@H](C)N[C@H](C)c2cc3ccccc3[nH]2)cc1C. The number of benzene rings is 2. The highest BCUT2D eigenvalue weighted by Gasteiger charge is 2.13. The van der Waals surface area contributed by atoms with Crippen molar-refractivity contribution in [2.75, 3.05) is 0 Å². The van der Waals surface area contributed by atoms with Crippen molar-refractivity contribution in [3.05, 3.63) is 70.9 Å². The largest absolute Gasteiger partial charge is 0.357 e. The normalized spacial score (nSPS) is 14.2. The molecule has 2 heteroatoms. The number of fused-ring (bicyclic) bond motifs is 1. The molecule has 0 spiro atoms. The standard InChI is InChI=1S/C20H24N2/c1-13-9-10-17(11-14(13)2)15(3)21-16(4)20-12-18-7-5-6-8-19(18)22-20/h5-12,15-16,21-22H,1-4H3/t15-,16-/m1/s1.